The predicted octanol–water partition coefficient (Wildman–Crippen LogP) is 1.90. The lowest BCUT2D eigenvalue weighted by Crippen LogP contribution is -2.27. The fourth-order valence-corrected chi connectivity index (χ4v) is 0.837. The minimum absolute atomic E-state index is 0.0999. The van der Waals surface area contributed by atoms with E-state index in [4.69, 9.17) is 10.2 Å². The minimum Gasteiger partial charge on any atom is -0.481 e. The molecule has 0 aliphatic heterocycles. The van der Waals surface area contributed by atoms with E-state index in [0.717, 1.165) is 6.42 Å². The zero-order valence-corrected chi connectivity index (χ0v) is 8.92. The van der Waals surface area contributed by atoms with Crippen LogP contribution in [-0.4, -0.2) is 22.8 Å². The second kappa shape index (κ2) is 4.09. The highest BCUT2D eigenvalue weighted by Gasteiger charge is 2.29. The number of carbonyl (C=O) groups is 1. The first-order chi connectivity index (χ1) is 5.71. The third-order valence-electron chi connectivity index (χ3n) is 2.43. The molecule has 0 saturated heterocycles. The molecule has 0 radical (unpaired) electrons. The first-order valence-corrected chi connectivity index (χ1v) is 4.55. The van der Waals surface area contributed by atoms with Gasteiger partial charge in [0, 0.05) is 6.61 Å². The van der Waals surface area contributed by atoms with Gasteiger partial charge in [-0.2, -0.15) is 0 Å². The van der Waals surface area contributed by atoms with Gasteiger partial charge in [0.15, 0.2) is 0 Å². The van der Waals surface area contributed by atoms with Gasteiger partial charge in [-0.1, -0.05) is 13.8 Å². The van der Waals surface area contributed by atoms with Crippen LogP contribution in [0.3, 0.4) is 0 Å². The first kappa shape index (κ1) is 12.4. The lowest BCUT2D eigenvalue weighted by atomic mass is 9.79. The molecule has 0 fully saturated rings. The van der Waals surface area contributed by atoms with Crippen LogP contribution in [0, 0.1) is 10.8 Å². The van der Waals surface area contributed by atoms with Gasteiger partial charge in [-0.05, 0) is 32.1 Å². The van der Waals surface area contributed by atoms with Crippen molar-refractivity contribution < 1.29 is 15.0 Å². The van der Waals surface area contributed by atoms with Crippen LogP contribution < -0.4 is 0 Å². The molecule has 0 atom stereocenters. The van der Waals surface area contributed by atoms with Crippen LogP contribution in [0.25, 0.3) is 0 Å². The maximum Gasteiger partial charge on any atom is 0.309 e. The van der Waals surface area contributed by atoms with Crippen molar-refractivity contribution in [2.45, 2.75) is 40.5 Å². The molecule has 0 aromatic heterocycles. The fourth-order valence-electron chi connectivity index (χ4n) is 0.837. The summed E-state index contributed by atoms with van der Waals surface area (Å²) in [6.07, 6.45) is 1.32. The standard InChI is InChI=1S/C10H20O3/c1-9(2,7-11)5-6-10(3,4)8(12)13/h11H,5-7H2,1-4H3,(H,12,13). The second-order valence-corrected chi connectivity index (χ2v) is 5.01. The fraction of sp³-hybridized carbons (Fsp3) is 0.900. The third-order valence-corrected chi connectivity index (χ3v) is 2.43. The van der Waals surface area contributed by atoms with Crippen molar-refractivity contribution in [3.05, 3.63) is 0 Å². The number of hydrogen-bond donors (Lipinski definition) is 2. The van der Waals surface area contributed by atoms with Crippen LogP contribution in [0.5, 0.6) is 0 Å². The Morgan fingerprint density at radius 3 is 1.92 bits per heavy atom. The number of hydrogen-bond acceptors (Lipinski definition) is 2. The number of carboxylic acids is 1. The third kappa shape index (κ3) is 4.27. The topological polar surface area (TPSA) is 57.5 Å². The molecule has 78 valence electrons. The zero-order chi connectivity index (χ0) is 10.7. The van der Waals surface area contributed by atoms with Gasteiger partial charge in [0.1, 0.15) is 0 Å². The molecule has 0 aliphatic carbocycles. The molecule has 0 bridgehead atoms. The van der Waals surface area contributed by atoms with Crippen molar-refractivity contribution in [2.75, 3.05) is 6.61 Å². The van der Waals surface area contributed by atoms with Gasteiger partial charge in [0.05, 0.1) is 5.41 Å². The summed E-state index contributed by atoms with van der Waals surface area (Å²) in [5, 5.41) is 17.8. The van der Waals surface area contributed by atoms with E-state index in [1.165, 1.54) is 0 Å². The molecule has 0 aromatic rings. The summed E-state index contributed by atoms with van der Waals surface area (Å²) >= 11 is 0. The second-order valence-electron chi connectivity index (χ2n) is 5.01. The van der Waals surface area contributed by atoms with E-state index in [9.17, 15) is 4.79 Å². The Morgan fingerprint density at radius 2 is 1.62 bits per heavy atom. The Hall–Kier alpha value is -0.570. The Morgan fingerprint density at radius 1 is 1.15 bits per heavy atom. The Bertz CT molecular complexity index is 183. The molecular weight excluding hydrogens is 168 g/mol. The van der Waals surface area contributed by atoms with Crippen molar-refractivity contribution in [3.8, 4) is 0 Å². The molecule has 0 unspecified atom stereocenters. The molecule has 0 aliphatic rings. The average molecular weight is 188 g/mol. The molecule has 0 rings (SSSR count). The van der Waals surface area contributed by atoms with Crippen molar-refractivity contribution in [2.24, 2.45) is 10.8 Å². The van der Waals surface area contributed by atoms with Crippen LogP contribution in [0.1, 0.15) is 40.5 Å². The van der Waals surface area contributed by atoms with Crippen molar-refractivity contribution in [3.63, 3.8) is 0 Å². The smallest absolute Gasteiger partial charge is 0.309 e. The lowest BCUT2D eigenvalue weighted by Gasteiger charge is -2.26. The van der Waals surface area contributed by atoms with E-state index in [2.05, 4.69) is 0 Å². The molecule has 3 heteroatoms. The van der Waals surface area contributed by atoms with E-state index in [0.29, 0.717) is 6.42 Å². The van der Waals surface area contributed by atoms with Gasteiger partial charge in [-0.3, -0.25) is 4.79 Å². The molecule has 0 spiro atoms. The maximum absolute atomic E-state index is 10.8. The highest BCUT2D eigenvalue weighted by molar-refractivity contribution is 5.73. The maximum atomic E-state index is 10.8. The molecule has 13 heavy (non-hydrogen) atoms. The number of aliphatic hydroxyl groups is 1. The largest absolute Gasteiger partial charge is 0.481 e. The zero-order valence-electron chi connectivity index (χ0n) is 8.92. The Balaban J connectivity index is 4.09. The van der Waals surface area contributed by atoms with Gasteiger partial charge < -0.3 is 10.2 Å². The summed E-state index contributed by atoms with van der Waals surface area (Å²) in [4.78, 5) is 10.8. The van der Waals surface area contributed by atoms with Gasteiger partial charge in [-0.15, -0.1) is 0 Å². The molecule has 3 nitrogen and oxygen atoms in total. The number of rotatable bonds is 5. The Kier molecular flexibility index (Phi) is 3.91. The summed E-state index contributed by atoms with van der Waals surface area (Å²) in [6.45, 7) is 7.39. The summed E-state index contributed by atoms with van der Waals surface area (Å²) in [6, 6.07) is 0. The quantitative estimate of drug-likeness (QED) is 0.692. The highest BCUT2D eigenvalue weighted by Crippen LogP contribution is 2.30. The molecule has 0 saturated carbocycles. The van der Waals surface area contributed by atoms with E-state index in [1.54, 1.807) is 13.8 Å². The molecule has 0 aromatic carbocycles. The summed E-state index contributed by atoms with van der Waals surface area (Å²) in [5.41, 5.74) is -0.862. The summed E-state index contributed by atoms with van der Waals surface area (Å²) in [5.74, 6) is -0.777. The first-order valence-electron chi connectivity index (χ1n) is 4.55. The van der Waals surface area contributed by atoms with Gasteiger partial charge in [-0.25, -0.2) is 0 Å². The SMILES string of the molecule is CC(C)(CO)CCC(C)(C)C(=O)O. The molecule has 2 N–H and O–H groups in total. The molecular formula is C10H20O3. The van der Waals surface area contributed by atoms with Gasteiger partial charge in [0.2, 0.25) is 0 Å². The van der Waals surface area contributed by atoms with Crippen molar-refractivity contribution >= 4 is 5.97 Å². The van der Waals surface area contributed by atoms with Crippen molar-refractivity contribution in [1.82, 2.24) is 0 Å². The van der Waals surface area contributed by atoms with E-state index in [-0.39, 0.29) is 12.0 Å². The Labute approximate surface area is 79.8 Å². The van der Waals surface area contributed by atoms with E-state index < -0.39 is 11.4 Å². The molecule has 0 heterocycles. The van der Waals surface area contributed by atoms with Crippen molar-refractivity contribution in [1.29, 1.82) is 0 Å². The number of carboxylic acid groups (broad SMARTS) is 1. The van der Waals surface area contributed by atoms with Crippen LogP contribution in [-0.2, 0) is 4.79 Å². The highest BCUT2D eigenvalue weighted by atomic mass is 16.4. The van der Waals surface area contributed by atoms with Crippen LogP contribution in [0.15, 0.2) is 0 Å². The summed E-state index contributed by atoms with van der Waals surface area (Å²) < 4.78 is 0. The monoisotopic (exact) mass is 188 g/mol. The number of aliphatic hydroxyl groups excluding tert-OH is 1. The lowest BCUT2D eigenvalue weighted by molar-refractivity contribution is -0.147. The van der Waals surface area contributed by atoms with Gasteiger partial charge in [0.25, 0.3) is 0 Å². The summed E-state index contributed by atoms with van der Waals surface area (Å²) in [7, 11) is 0. The average Bonchev–Trinajstić information content (AvgIpc) is 2.01. The van der Waals surface area contributed by atoms with E-state index in [1.807, 2.05) is 13.8 Å². The van der Waals surface area contributed by atoms with Crippen LogP contribution >= 0.6 is 0 Å². The van der Waals surface area contributed by atoms with Gasteiger partial charge >= 0.3 is 5.97 Å². The van der Waals surface area contributed by atoms with Crippen LogP contribution in [0.4, 0.5) is 0 Å². The normalized spacial score (nSPS) is 13.0. The predicted molar refractivity (Wildman–Crippen MR) is 51.5 cm³/mol. The minimum atomic E-state index is -0.777. The molecule has 0 amide bonds. The number of aliphatic carboxylic acids is 1. The van der Waals surface area contributed by atoms with E-state index >= 15 is 0 Å². The van der Waals surface area contributed by atoms with Crippen LogP contribution in [0.2, 0.25) is 0 Å².